The molecule has 166 valence electrons. The van der Waals surface area contributed by atoms with Crippen LogP contribution in [-0.2, 0) is 17.8 Å². The molecule has 0 aliphatic carbocycles. The molecule has 0 atom stereocenters. The molecule has 0 fully saturated rings. The third kappa shape index (κ3) is 4.36. The first-order valence-electron chi connectivity index (χ1n) is 10.7. The number of nitrogens with zero attached hydrogens (tertiary/aromatic N) is 5. The van der Waals surface area contributed by atoms with Gasteiger partial charge in [-0.15, -0.1) is 28.1 Å². The zero-order valence-corrected chi connectivity index (χ0v) is 19.9. The average Bonchev–Trinajstić information content (AvgIpc) is 3.56. The summed E-state index contributed by atoms with van der Waals surface area (Å²) in [5.74, 6) is 1.16. The van der Waals surface area contributed by atoms with Crippen molar-refractivity contribution >= 4 is 34.7 Å². The molecular formula is C25H23N5OS2. The third-order valence-corrected chi connectivity index (χ3v) is 7.30. The van der Waals surface area contributed by atoms with Crippen LogP contribution in [0.4, 0.5) is 5.69 Å². The first-order chi connectivity index (χ1) is 16.1. The Bertz CT molecular complexity index is 1310. The molecule has 0 spiro atoms. The Morgan fingerprint density at radius 2 is 2.03 bits per heavy atom. The van der Waals surface area contributed by atoms with Crippen LogP contribution < -0.4 is 4.90 Å². The van der Waals surface area contributed by atoms with Gasteiger partial charge in [0.05, 0.1) is 16.5 Å². The lowest BCUT2D eigenvalue weighted by Gasteiger charge is -2.17. The van der Waals surface area contributed by atoms with Crippen LogP contribution in [0.3, 0.4) is 0 Å². The Balaban J connectivity index is 1.31. The highest BCUT2D eigenvalue weighted by Crippen LogP contribution is 2.33. The third-order valence-electron chi connectivity index (χ3n) is 5.58. The first kappa shape index (κ1) is 21.6. The van der Waals surface area contributed by atoms with Crippen molar-refractivity contribution in [2.75, 3.05) is 17.2 Å². The van der Waals surface area contributed by atoms with Gasteiger partial charge in [0, 0.05) is 35.3 Å². The summed E-state index contributed by atoms with van der Waals surface area (Å²) >= 11 is 3.07. The molecule has 0 N–H and O–H groups in total. The van der Waals surface area contributed by atoms with Gasteiger partial charge in [-0.2, -0.15) is 0 Å². The van der Waals surface area contributed by atoms with Crippen molar-refractivity contribution in [2.24, 2.45) is 0 Å². The lowest BCUT2D eigenvalue weighted by Crippen LogP contribution is -2.30. The van der Waals surface area contributed by atoms with Crippen molar-refractivity contribution < 1.29 is 4.79 Å². The minimum Gasteiger partial charge on any atom is -0.311 e. The van der Waals surface area contributed by atoms with E-state index in [1.165, 1.54) is 17.3 Å². The summed E-state index contributed by atoms with van der Waals surface area (Å²) in [5, 5.41) is 12.6. The van der Waals surface area contributed by atoms with E-state index in [1.807, 2.05) is 58.9 Å². The maximum absolute atomic E-state index is 13.1. The Labute approximate surface area is 201 Å². The number of aromatic nitrogens is 4. The molecule has 0 saturated carbocycles. The number of fused-ring (bicyclic) bond motifs is 1. The fraction of sp³-hybridized carbons (Fsp3) is 0.200. The zero-order valence-electron chi connectivity index (χ0n) is 18.3. The number of benzene rings is 2. The molecule has 8 heteroatoms. The van der Waals surface area contributed by atoms with Crippen LogP contribution in [0, 0.1) is 6.92 Å². The van der Waals surface area contributed by atoms with Crippen molar-refractivity contribution in [3.8, 4) is 22.6 Å². The molecule has 1 aliphatic rings. The van der Waals surface area contributed by atoms with E-state index in [4.69, 9.17) is 0 Å². The van der Waals surface area contributed by atoms with E-state index in [9.17, 15) is 4.79 Å². The predicted octanol–water partition coefficient (Wildman–Crippen LogP) is 5.24. The number of carbonyl (C=O) groups is 1. The maximum atomic E-state index is 13.1. The lowest BCUT2D eigenvalue weighted by molar-refractivity contribution is -0.116. The number of rotatable bonds is 7. The van der Waals surface area contributed by atoms with E-state index in [-0.39, 0.29) is 5.91 Å². The molecule has 0 radical (unpaired) electrons. The molecule has 1 aliphatic heterocycles. The minimum atomic E-state index is 0.0745. The molecular weight excluding hydrogens is 450 g/mol. The lowest BCUT2D eigenvalue weighted by atomic mass is 10.1. The van der Waals surface area contributed by atoms with E-state index < -0.39 is 0 Å². The van der Waals surface area contributed by atoms with Crippen LogP contribution >= 0.6 is 23.1 Å². The van der Waals surface area contributed by atoms with Crippen molar-refractivity contribution in [3.63, 3.8) is 0 Å². The summed E-state index contributed by atoms with van der Waals surface area (Å²) in [6.45, 7) is 7.15. The Morgan fingerprint density at radius 1 is 1.18 bits per heavy atom. The number of carbonyl (C=O) groups excluding carboxylic acids is 1. The fourth-order valence-electron chi connectivity index (χ4n) is 4.01. The minimum absolute atomic E-state index is 0.0745. The molecule has 0 unspecified atom stereocenters. The molecule has 2 aromatic carbocycles. The molecule has 2 aromatic heterocycles. The fourth-order valence-corrected chi connectivity index (χ4v) is 5.46. The second-order valence-corrected chi connectivity index (χ2v) is 9.76. The molecule has 4 aromatic rings. The highest BCUT2D eigenvalue weighted by molar-refractivity contribution is 7.99. The van der Waals surface area contributed by atoms with E-state index >= 15 is 0 Å². The van der Waals surface area contributed by atoms with Gasteiger partial charge in [0.15, 0.2) is 11.0 Å². The topological polar surface area (TPSA) is 63.9 Å². The number of allylic oxidation sites excluding steroid dienone is 1. The normalized spacial score (nSPS) is 12.7. The van der Waals surface area contributed by atoms with Gasteiger partial charge in [-0.05, 0) is 31.0 Å². The van der Waals surface area contributed by atoms with Crippen LogP contribution in [-0.4, -0.2) is 38.0 Å². The Kier molecular flexibility index (Phi) is 6.11. The van der Waals surface area contributed by atoms with Gasteiger partial charge in [-0.1, -0.05) is 54.2 Å². The molecule has 6 nitrogen and oxygen atoms in total. The van der Waals surface area contributed by atoms with Crippen molar-refractivity contribution in [3.05, 3.63) is 77.1 Å². The number of thiazole rings is 1. The molecule has 33 heavy (non-hydrogen) atoms. The SMILES string of the molecule is C=CCn1c(SCC(=O)N2CCc3cc(-c4csc(C)n4)ccc32)nnc1-c1ccccc1. The molecule has 0 bridgehead atoms. The molecule has 3 heterocycles. The van der Waals surface area contributed by atoms with Crippen molar-refractivity contribution in [2.45, 2.75) is 25.0 Å². The van der Waals surface area contributed by atoms with E-state index in [1.54, 1.807) is 11.3 Å². The summed E-state index contributed by atoms with van der Waals surface area (Å²) < 4.78 is 2.00. The van der Waals surface area contributed by atoms with Gasteiger partial charge < -0.3 is 4.90 Å². The maximum Gasteiger partial charge on any atom is 0.237 e. The molecule has 0 saturated heterocycles. The summed E-state index contributed by atoms with van der Waals surface area (Å²) in [7, 11) is 0. The number of anilines is 1. The summed E-state index contributed by atoms with van der Waals surface area (Å²) in [6, 6.07) is 16.2. The van der Waals surface area contributed by atoms with Crippen molar-refractivity contribution in [1.29, 1.82) is 0 Å². The number of thioether (sulfide) groups is 1. The number of aryl methyl sites for hydroxylation is 1. The smallest absolute Gasteiger partial charge is 0.237 e. The molecule has 5 rings (SSSR count). The van der Waals surface area contributed by atoms with Gasteiger partial charge >= 0.3 is 0 Å². The Hall–Kier alpha value is -3.23. The predicted molar refractivity (Wildman–Crippen MR) is 135 cm³/mol. The average molecular weight is 474 g/mol. The largest absolute Gasteiger partial charge is 0.311 e. The van der Waals surface area contributed by atoms with Crippen molar-refractivity contribution in [1.82, 2.24) is 19.7 Å². The van der Waals surface area contributed by atoms with Gasteiger partial charge in [-0.3, -0.25) is 9.36 Å². The standard InChI is InChI=1S/C25H23N5OS2/c1-3-12-30-24(18-7-5-4-6-8-18)27-28-25(30)33-16-23(31)29-13-11-20-14-19(9-10-22(20)29)21-15-32-17(2)26-21/h3-10,14-15H,1,11-13,16H2,2H3. The second kappa shape index (κ2) is 9.33. The van der Waals surface area contributed by atoms with Gasteiger partial charge in [0.1, 0.15) is 0 Å². The van der Waals surface area contributed by atoms with Crippen LogP contribution in [0.15, 0.2) is 71.7 Å². The number of hydrogen-bond donors (Lipinski definition) is 0. The highest BCUT2D eigenvalue weighted by atomic mass is 32.2. The number of hydrogen-bond acceptors (Lipinski definition) is 6. The Morgan fingerprint density at radius 3 is 2.79 bits per heavy atom. The van der Waals surface area contributed by atoms with E-state index in [0.717, 1.165) is 44.9 Å². The van der Waals surface area contributed by atoms with Gasteiger partial charge in [0.2, 0.25) is 5.91 Å². The van der Waals surface area contributed by atoms with Gasteiger partial charge in [0.25, 0.3) is 0 Å². The van der Waals surface area contributed by atoms with Crippen LogP contribution in [0.2, 0.25) is 0 Å². The van der Waals surface area contributed by atoms with Gasteiger partial charge in [-0.25, -0.2) is 4.98 Å². The monoisotopic (exact) mass is 473 g/mol. The quantitative estimate of drug-likeness (QED) is 0.271. The first-order valence-corrected chi connectivity index (χ1v) is 12.6. The van der Waals surface area contributed by atoms with E-state index in [0.29, 0.717) is 18.8 Å². The summed E-state index contributed by atoms with van der Waals surface area (Å²) in [6.07, 6.45) is 2.67. The van der Waals surface area contributed by atoms with Crippen LogP contribution in [0.25, 0.3) is 22.6 Å². The van der Waals surface area contributed by atoms with Crippen LogP contribution in [0.5, 0.6) is 0 Å². The number of amides is 1. The summed E-state index contributed by atoms with van der Waals surface area (Å²) in [4.78, 5) is 19.6. The zero-order chi connectivity index (χ0) is 22.8. The highest BCUT2D eigenvalue weighted by Gasteiger charge is 2.26. The summed E-state index contributed by atoms with van der Waals surface area (Å²) in [5.41, 5.74) is 5.28. The molecule has 1 amide bonds. The second-order valence-electron chi connectivity index (χ2n) is 7.75. The van der Waals surface area contributed by atoms with E-state index in [2.05, 4.69) is 39.3 Å². The van der Waals surface area contributed by atoms with Crippen LogP contribution in [0.1, 0.15) is 10.6 Å².